The van der Waals surface area contributed by atoms with Crippen molar-refractivity contribution >= 4 is 34.6 Å². The Kier molecular flexibility index (Phi) is 6.53. The zero-order chi connectivity index (χ0) is 22.7. The number of ether oxygens (including phenoxy) is 1. The summed E-state index contributed by atoms with van der Waals surface area (Å²) in [5.41, 5.74) is 3.73. The molecule has 0 radical (unpaired) electrons. The first-order chi connectivity index (χ1) is 15.5. The van der Waals surface area contributed by atoms with Crippen LogP contribution in [-0.2, 0) is 9.53 Å². The fraction of sp³-hybridized carbons (Fsp3) is 0.292. The topological polar surface area (TPSA) is 71.4 Å². The van der Waals surface area contributed by atoms with Crippen molar-refractivity contribution in [1.29, 1.82) is 0 Å². The Morgan fingerprint density at radius 2 is 2.00 bits per heavy atom. The molecule has 3 heterocycles. The lowest BCUT2D eigenvalue weighted by atomic mass is 9.98. The van der Waals surface area contributed by atoms with Gasteiger partial charge in [0.2, 0.25) is 5.91 Å². The number of methoxy groups -OCH3 is 1. The molecule has 4 rings (SSSR count). The van der Waals surface area contributed by atoms with Gasteiger partial charge in [-0.05, 0) is 74.1 Å². The highest BCUT2D eigenvalue weighted by Gasteiger charge is 2.41. The van der Waals surface area contributed by atoms with Crippen LogP contribution < -0.4 is 15.5 Å². The third-order valence-electron chi connectivity index (χ3n) is 5.48. The highest BCUT2D eigenvalue weighted by Crippen LogP contribution is 2.41. The van der Waals surface area contributed by atoms with E-state index in [-0.39, 0.29) is 24.6 Å². The maximum atomic E-state index is 11.8. The molecule has 8 heteroatoms. The van der Waals surface area contributed by atoms with E-state index in [1.807, 2.05) is 42.5 Å². The average Bonchev–Trinajstić information content (AvgIpc) is 3.40. The summed E-state index contributed by atoms with van der Waals surface area (Å²) in [7, 11) is 1.49. The SMILES string of the molecule is COCC(=O)Nc1ccc(N2C(=S)N[C@@H](c3ccccn3)[C@@H]2c2ccn(C(C)C)c2)cc1. The van der Waals surface area contributed by atoms with Gasteiger partial charge in [0.1, 0.15) is 6.61 Å². The number of nitrogens with one attached hydrogen (secondary N) is 2. The van der Waals surface area contributed by atoms with Gasteiger partial charge in [0.15, 0.2) is 5.11 Å². The van der Waals surface area contributed by atoms with Crippen LogP contribution >= 0.6 is 12.2 Å². The summed E-state index contributed by atoms with van der Waals surface area (Å²) in [6.45, 7) is 4.33. The van der Waals surface area contributed by atoms with Crippen molar-refractivity contribution < 1.29 is 9.53 Å². The third kappa shape index (κ3) is 4.51. The summed E-state index contributed by atoms with van der Waals surface area (Å²) < 4.78 is 7.07. The van der Waals surface area contributed by atoms with Crippen LogP contribution in [0.1, 0.15) is 43.2 Å². The summed E-state index contributed by atoms with van der Waals surface area (Å²) >= 11 is 5.77. The molecule has 7 nitrogen and oxygen atoms in total. The summed E-state index contributed by atoms with van der Waals surface area (Å²) in [5, 5.41) is 6.93. The number of pyridine rings is 1. The average molecular weight is 450 g/mol. The molecular weight excluding hydrogens is 422 g/mol. The number of hydrogen-bond acceptors (Lipinski definition) is 4. The largest absolute Gasteiger partial charge is 0.375 e. The van der Waals surface area contributed by atoms with Crippen molar-refractivity contribution in [1.82, 2.24) is 14.9 Å². The van der Waals surface area contributed by atoms with Gasteiger partial charge in [-0.25, -0.2) is 0 Å². The van der Waals surface area contributed by atoms with Crippen molar-refractivity contribution in [2.75, 3.05) is 23.9 Å². The molecule has 1 fully saturated rings. The second-order valence-electron chi connectivity index (χ2n) is 8.01. The molecule has 2 atom stereocenters. The minimum atomic E-state index is -0.193. The van der Waals surface area contributed by atoms with Gasteiger partial charge < -0.3 is 24.8 Å². The molecule has 32 heavy (non-hydrogen) atoms. The zero-order valence-electron chi connectivity index (χ0n) is 18.4. The van der Waals surface area contributed by atoms with Gasteiger partial charge in [-0.3, -0.25) is 9.78 Å². The maximum absolute atomic E-state index is 11.8. The first-order valence-electron chi connectivity index (χ1n) is 10.5. The van der Waals surface area contributed by atoms with Gasteiger partial charge in [-0.1, -0.05) is 6.07 Å². The van der Waals surface area contributed by atoms with E-state index in [1.165, 1.54) is 7.11 Å². The Hall–Kier alpha value is -3.23. The van der Waals surface area contributed by atoms with Crippen molar-refractivity contribution in [3.63, 3.8) is 0 Å². The lowest BCUT2D eigenvalue weighted by Crippen LogP contribution is -2.29. The van der Waals surface area contributed by atoms with Gasteiger partial charge in [0.25, 0.3) is 0 Å². The minimum absolute atomic E-state index is 0.0164. The number of benzene rings is 1. The highest BCUT2D eigenvalue weighted by atomic mass is 32.1. The molecule has 166 valence electrons. The Morgan fingerprint density at radius 3 is 2.62 bits per heavy atom. The number of rotatable bonds is 7. The van der Waals surface area contributed by atoms with E-state index in [9.17, 15) is 4.79 Å². The second kappa shape index (κ2) is 9.50. The van der Waals surface area contributed by atoms with Crippen molar-refractivity contribution in [3.05, 3.63) is 78.4 Å². The summed E-state index contributed by atoms with van der Waals surface area (Å²) in [6.07, 6.45) is 6.08. The molecule has 1 saturated heterocycles. The zero-order valence-corrected chi connectivity index (χ0v) is 19.2. The minimum Gasteiger partial charge on any atom is -0.375 e. The van der Waals surface area contributed by atoms with Crippen LogP contribution in [0.3, 0.4) is 0 Å². The molecule has 0 spiro atoms. The predicted molar refractivity (Wildman–Crippen MR) is 130 cm³/mol. The lowest BCUT2D eigenvalue weighted by molar-refractivity contribution is -0.119. The van der Waals surface area contributed by atoms with E-state index in [0.29, 0.717) is 16.8 Å². The Labute approximate surface area is 193 Å². The fourth-order valence-corrected chi connectivity index (χ4v) is 4.28. The van der Waals surface area contributed by atoms with Crippen LogP contribution in [-0.4, -0.2) is 34.3 Å². The standard InChI is InChI=1S/C24H27N5O2S/c1-16(2)28-13-11-17(14-28)23-22(20-6-4-5-12-25-20)27-24(32)29(23)19-9-7-18(8-10-19)26-21(30)15-31-3/h4-14,16,22-23H,15H2,1-3H3,(H,26,30)(H,27,32)/t22-,23-/m0/s1. The number of amides is 1. The number of anilines is 2. The van der Waals surface area contributed by atoms with Gasteiger partial charge in [0, 0.05) is 43.1 Å². The van der Waals surface area contributed by atoms with Crippen molar-refractivity contribution in [3.8, 4) is 0 Å². The highest BCUT2D eigenvalue weighted by molar-refractivity contribution is 7.80. The van der Waals surface area contributed by atoms with Crippen LogP contribution in [0.15, 0.2) is 67.1 Å². The molecule has 0 bridgehead atoms. The number of thiocarbonyl (C=S) groups is 1. The van der Waals surface area contributed by atoms with Gasteiger partial charge in [-0.2, -0.15) is 0 Å². The summed E-state index contributed by atoms with van der Waals surface area (Å²) in [5.74, 6) is -0.193. The fourth-order valence-electron chi connectivity index (χ4n) is 3.93. The molecule has 3 aromatic rings. The molecule has 1 aliphatic rings. The molecule has 0 unspecified atom stereocenters. The first kappa shape index (κ1) is 22.0. The maximum Gasteiger partial charge on any atom is 0.250 e. The summed E-state index contributed by atoms with van der Waals surface area (Å²) in [4.78, 5) is 18.5. The number of hydrogen-bond donors (Lipinski definition) is 2. The van der Waals surface area contributed by atoms with Gasteiger partial charge in [-0.15, -0.1) is 0 Å². The number of nitrogens with zero attached hydrogens (tertiary/aromatic N) is 3. The summed E-state index contributed by atoms with van der Waals surface area (Å²) in [6, 6.07) is 15.9. The normalized spacial score (nSPS) is 18.1. The lowest BCUT2D eigenvalue weighted by Gasteiger charge is -2.27. The van der Waals surface area contributed by atoms with Crippen LogP contribution in [0.5, 0.6) is 0 Å². The molecule has 0 saturated carbocycles. The van der Waals surface area contributed by atoms with Crippen LogP contribution in [0.2, 0.25) is 0 Å². The van der Waals surface area contributed by atoms with E-state index in [1.54, 1.807) is 6.20 Å². The number of carbonyl (C=O) groups is 1. The molecule has 1 aliphatic heterocycles. The monoisotopic (exact) mass is 449 g/mol. The molecule has 1 amide bonds. The quantitative estimate of drug-likeness (QED) is 0.526. The molecule has 1 aromatic carbocycles. The molecular formula is C24H27N5O2S. The van der Waals surface area contributed by atoms with E-state index in [2.05, 4.69) is 57.4 Å². The van der Waals surface area contributed by atoms with Crippen molar-refractivity contribution in [2.24, 2.45) is 0 Å². The van der Waals surface area contributed by atoms with E-state index < -0.39 is 0 Å². The molecule has 2 aromatic heterocycles. The van der Waals surface area contributed by atoms with E-state index in [4.69, 9.17) is 17.0 Å². The second-order valence-corrected chi connectivity index (χ2v) is 8.40. The van der Waals surface area contributed by atoms with E-state index in [0.717, 1.165) is 16.9 Å². The predicted octanol–water partition coefficient (Wildman–Crippen LogP) is 4.23. The Balaban J connectivity index is 1.68. The Bertz CT molecular complexity index is 1080. The molecule has 0 aliphatic carbocycles. The van der Waals surface area contributed by atoms with Crippen LogP contribution in [0.4, 0.5) is 11.4 Å². The third-order valence-corrected chi connectivity index (χ3v) is 5.79. The first-order valence-corrected chi connectivity index (χ1v) is 11.0. The smallest absolute Gasteiger partial charge is 0.250 e. The van der Waals surface area contributed by atoms with Gasteiger partial charge >= 0.3 is 0 Å². The van der Waals surface area contributed by atoms with Crippen molar-refractivity contribution in [2.45, 2.75) is 32.0 Å². The van der Waals surface area contributed by atoms with Crippen LogP contribution in [0, 0.1) is 0 Å². The number of carbonyl (C=O) groups excluding carboxylic acids is 1. The van der Waals surface area contributed by atoms with Gasteiger partial charge in [0.05, 0.1) is 17.8 Å². The van der Waals surface area contributed by atoms with E-state index >= 15 is 0 Å². The number of aromatic nitrogens is 2. The van der Waals surface area contributed by atoms with Crippen LogP contribution in [0.25, 0.3) is 0 Å². The Morgan fingerprint density at radius 1 is 1.22 bits per heavy atom. The molecule has 2 N–H and O–H groups in total.